The summed E-state index contributed by atoms with van der Waals surface area (Å²) in [4.78, 5) is 61.4. The number of ketones is 1. The Balaban J connectivity index is 1.58. The minimum atomic E-state index is -5.62. The van der Waals surface area contributed by atoms with Gasteiger partial charge >= 0.3 is 5.69 Å². The Hall–Kier alpha value is -1.55. The van der Waals surface area contributed by atoms with Gasteiger partial charge in [-0.25, -0.2) is 9.11 Å². The fourth-order valence-corrected chi connectivity index (χ4v) is 5.64. The number of nitrogens with one attached hydrogen (secondary N) is 1. The molecule has 2 fully saturated rings. The summed E-state index contributed by atoms with van der Waals surface area (Å²) in [7, 11) is -11.2. The van der Waals surface area contributed by atoms with E-state index in [2.05, 4.69) is 18.3 Å². The van der Waals surface area contributed by atoms with Gasteiger partial charge in [0.15, 0.2) is 12.1 Å². The van der Waals surface area contributed by atoms with Crippen molar-refractivity contribution < 1.29 is 56.8 Å². The smallest absolute Gasteiger partial charge is 0.330 e. The Morgan fingerprint density at radius 3 is 2.54 bits per heavy atom. The van der Waals surface area contributed by atoms with Crippen LogP contribution in [0.2, 0.25) is 0 Å². The minimum absolute atomic E-state index is 0.164. The lowest BCUT2D eigenvalue weighted by Crippen LogP contribution is -2.52. The molecule has 1 aromatic heterocycles. The van der Waals surface area contributed by atoms with Crippen LogP contribution in [0.15, 0.2) is 15.8 Å². The molecule has 0 amide bonds. The average molecular weight is 542 g/mol. The standard InChI is InChI=1S/C17H26N2O14P2/c1-8-6-19(16(23)18-15(8)22)12-4-10(20)11(31-12)7-29-34(25,26)33-35(27,28)32-13-5-17(3,24)14(21)9(2)30-13/h6,9-13,20,24H,4-5,7H2,1-3H3,(H,25,26)(H,27,28)(H,18,22,23)/p-2/t9-,10+,11-,12-,13-,17-/m1/s1. The number of H-pyrrole nitrogens is 1. The van der Waals surface area contributed by atoms with Crippen LogP contribution in [0.1, 0.15) is 38.5 Å². The fraction of sp³-hybridized carbons (Fsp3) is 0.706. The van der Waals surface area contributed by atoms with E-state index in [1.165, 1.54) is 20.0 Å². The number of hydrogen-bond donors (Lipinski definition) is 3. The second kappa shape index (κ2) is 10.1. The molecule has 198 valence electrons. The number of aryl methyl sites for hydroxylation is 1. The zero-order valence-electron chi connectivity index (χ0n) is 18.7. The third-order valence-corrected chi connectivity index (χ3v) is 7.88. The van der Waals surface area contributed by atoms with Crippen LogP contribution in [0.3, 0.4) is 0 Å². The molecule has 3 rings (SSSR count). The second-order valence-corrected chi connectivity index (χ2v) is 11.2. The molecule has 1 aromatic rings. The summed E-state index contributed by atoms with van der Waals surface area (Å²) in [6.45, 7) is 2.92. The van der Waals surface area contributed by atoms with E-state index >= 15 is 0 Å². The fourth-order valence-electron chi connectivity index (χ4n) is 3.57. The average Bonchev–Trinajstić information content (AvgIpc) is 3.06. The number of carbonyl (C=O) groups is 1. The monoisotopic (exact) mass is 542 g/mol. The molecule has 35 heavy (non-hydrogen) atoms. The summed E-state index contributed by atoms with van der Waals surface area (Å²) in [6.07, 6.45) is -6.19. The van der Waals surface area contributed by atoms with Crippen LogP contribution in [-0.4, -0.2) is 62.4 Å². The van der Waals surface area contributed by atoms with Crippen molar-refractivity contribution in [3.8, 4) is 0 Å². The van der Waals surface area contributed by atoms with Gasteiger partial charge in [0.1, 0.15) is 24.0 Å². The first kappa shape index (κ1) is 28.0. The maximum Gasteiger partial charge on any atom is 0.330 e. The number of ether oxygens (including phenoxy) is 2. The van der Waals surface area contributed by atoms with E-state index in [1.807, 2.05) is 0 Å². The zero-order chi connectivity index (χ0) is 26.3. The quantitative estimate of drug-likeness (QED) is 0.299. The van der Waals surface area contributed by atoms with E-state index in [-0.39, 0.29) is 12.0 Å². The Morgan fingerprint density at radius 1 is 1.26 bits per heavy atom. The van der Waals surface area contributed by atoms with Crippen molar-refractivity contribution in [2.75, 3.05) is 6.61 Å². The highest BCUT2D eigenvalue weighted by Gasteiger charge is 2.45. The van der Waals surface area contributed by atoms with Gasteiger partial charge in [0.2, 0.25) is 0 Å². The lowest BCUT2D eigenvalue weighted by molar-refractivity contribution is -0.265. The van der Waals surface area contributed by atoms with Gasteiger partial charge in [-0.1, -0.05) is 0 Å². The molecule has 0 aromatic carbocycles. The number of aromatic nitrogens is 2. The van der Waals surface area contributed by atoms with Crippen LogP contribution in [0.4, 0.5) is 0 Å². The first-order valence-electron chi connectivity index (χ1n) is 10.2. The van der Waals surface area contributed by atoms with Crippen molar-refractivity contribution in [3.05, 3.63) is 32.6 Å². The number of carbonyl (C=O) groups excluding carboxylic acids is 1. The number of aliphatic hydroxyl groups is 2. The minimum Gasteiger partial charge on any atom is -0.756 e. The molecular formula is C17H24N2O14P2-2. The largest absolute Gasteiger partial charge is 0.756 e. The Bertz CT molecular complexity index is 1180. The molecule has 2 unspecified atom stereocenters. The molecule has 18 heteroatoms. The van der Waals surface area contributed by atoms with Gasteiger partial charge in [0.25, 0.3) is 21.2 Å². The SMILES string of the molecule is Cc1cn([C@H]2C[C@H](O)[C@@H](COP(=O)([O-])OP(=O)([O-])O[C@@H]3C[C@@](C)(O)C(=O)[C@@H](C)O3)O2)c(=O)[nH]c1=O. The van der Waals surface area contributed by atoms with Gasteiger partial charge in [-0.2, -0.15) is 0 Å². The van der Waals surface area contributed by atoms with Crippen LogP contribution < -0.4 is 21.0 Å². The van der Waals surface area contributed by atoms with E-state index in [4.69, 9.17) is 9.47 Å². The van der Waals surface area contributed by atoms with E-state index in [1.54, 1.807) is 0 Å². The third kappa shape index (κ3) is 6.81. The van der Waals surface area contributed by atoms with Crippen LogP contribution in [-0.2, 0) is 36.8 Å². The number of aliphatic hydroxyl groups excluding tert-OH is 1. The molecule has 0 saturated carbocycles. The summed E-state index contributed by atoms with van der Waals surface area (Å²) in [5.74, 6) is -0.718. The predicted octanol–water partition coefficient (Wildman–Crippen LogP) is -2.06. The zero-order valence-corrected chi connectivity index (χ0v) is 20.5. The normalized spacial score (nSPS) is 34.9. The van der Waals surface area contributed by atoms with Crippen molar-refractivity contribution in [1.29, 1.82) is 0 Å². The maximum atomic E-state index is 12.0. The third-order valence-electron chi connectivity index (χ3n) is 5.32. The van der Waals surface area contributed by atoms with Crippen molar-refractivity contribution in [1.82, 2.24) is 9.55 Å². The maximum absolute atomic E-state index is 12.0. The highest BCUT2D eigenvalue weighted by atomic mass is 31.3. The van der Waals surface area contributed by atoms with Crippen molar-refractivity contribution in [3.63, 3.8) is 0 Å². The lowest BCUT2D eigenvalue weighted by Gasteiger charge is -2.39. The van der Waals surface area contributed by atoms with Crippen molar-refractivity contribution >= 4 is 21.4 Å². The van der Waals surface area contributed by atoms with Crippen LogP contribution >= 0.6 is 15.6 Å². The molecule has 2 saturated heterocycles. The van der Waals surface area contributed by atoms with Gasteiger partial charge in [-0.3, -0.25) is 32.8 Å². The summed E-state index contributed by atoms with van der Waals surface area (Å²) in [5.41, 5.74) is -3.21. The molecule has 0 bridgehead atoms. The van der Waals surface area contributed by atoms with Gasteiger partial charge in [-0.05, 0) is 20.8 Å². The number of nitrogens with zero attached hydrogens (tertiary/aromatic N) is 1. The molecule has 3 N–H and O–H groups in total. The topological polar surface area (TPSA) is 239 Å². The molecular weight excluding hydrogens is 518 g/mol. The summed E-state index contributed by atoms with van der Waals surface area (Å²) < 4.78 is 48.5. The first-order valence-corrected chi connectivity index (χ1v) is 13.2. The molecule has 8 atom stereocenters. The van der Waals surface area contributed by atoms with Crippen LogP contribution in [0.5, 0.6) is 0 Å². The number of hydrogen-bond acceptors (Lipinski definition) is 14. The van der Waals surface area contributed by atoms with Crippen molar-refractivity contribution in [2.45, 2.75) is 70.0 Å². The molecule has 0 aliphatic carbocycles. The van der Waals surface area contributed by atoms with E-state index in [0.717, 1.165) is 11.5 Å². The Labute approximate surface area is 197 Å². The van der Waals surface area contributed by atoms with E-state index < -0.39 is 82.1 Å². The highest BCUT2D eigenvalue weighted by molar-refractivity contribution is 7.59. The summed E-state index contributed by atoms with van der Waals surface area (Å²) in [6, 6.07) is 0. The Kier molecular flexibility index (Phi) is 8.07. The van der Waals surface area contributed by atoms with E-state index in [0.29, 0.717) is 0 Å². The number of phosphoric ester groups is 2. The molecule has 2 aliphatic heterocycles. The number of aromatic amines is 1. The van der Waals surface area contributed by atoms with Crippen LogP contribution in [0, 0.1) is 6.92 Å². The predicted molar refractivity (Wildman–Crippen MR) is 109 cm³/mol. The Morgan fingerprint density at radius 2 is 1.91 bits per heavy atom. The van der Waals surface area contributed by atoms with Crippen LogP contribution in [0.25, 0.3) is 0 Å². The lowest BCUT2D eigenvalue weighted by atomic mass is 9.91. The molecule has 16 nitrogen and oxygen atoms in total. The summed E-state index contributed by atoms with van der Waals surface area (Å²) in [5, 5.41) is 20.2. The number of phosphoric acid groups is 2. The first-order chi connectivity index (χ1) is 16.0. The van der Waals surface area contributed by atoms with Gasteiger partial charge in [0.05, 0.1) is 12.7 Å². The molecule has 0 radical (unpaired) electrons. The van der Waals surface area contributed by atoms with Gasteiger partial charge in [-0.15, -0.1) is 0 Å². The van der Waals surface area contributed by atoms with Gasteiger partial charge in [0, 0.05) is 24.6 Å². The molecule has 3 heterocycles. The molecule has 2 aliphatic rings. The highest BCUT2D eigenvalue weighted by Crippen LogP contribution is 2.57. The second-order valence-electron chi connectivity index (χ2n) is 8.34. The van der Waals surface area contributed by atoms with Crippen molar-refractivity contribution in [2.24, 2.45) is 0 Å². The van der Waals surface area contributed by atoms with E-state index in [9.17, 15) is 43.5 Å². The molecule has 0 spiro atoms. The number of rotatable bonds is 8. The van der Waals surface area contributed by atoms with Gasteiger partial charge < -0.3 is 34.0 Å². The number of Topliss-reactive ketones (excluding diaryl/α,β-unsaturated/α-hetero) is 1. The summed E-state index contributed by atoms with van der Waals surface area (Å²) >= 11 is 0.